The molecule has 39 heavy (non-hydrogen) atoms. The number of rotatable bonds is 6. The summed E-state index contributed by atoms with van der Waals surface area (Å²) in [6, 6.07) is 14.8. The lowest BCUT2D eigenvalue weighted by Gasteiger charge is -2.23. The fraction of sp³-hybridized carbons (Fsp3) is 0.138. The number of ether oxygens (including phenoxy) is 3. The highest BCUT2D eigenvalue weighted by Gasteiger charge is 2.48. The Hall–Kier alpha value is -4.70. The summed E-state index contributed by atoms with van der Waals surface area (Å²) in [4.78, 5) is 32.8. The summed E-state index contributed by atoms with van der Waals surface area (Å²) >= 11 is 1.08. The van der Waals surface area contributed by atoms with Gasteiger partial charge in [0, 0.05) is 5.56 Å². The predicted octanol–water partition coefficient (Wildman–Crippen LogP) is 5.40. The smallest absolute Gasteiger partial charge is 0.301 e. The van der Waals surface area contributed by atoms with Crippen LogP contribution >= 0.6 is 11.3 Å². The van der Waals surface area contributed by atoms with Crippen molar-refractivity contribution in [1.82, 2.24) is 4.98 Å². The van der Waals surface area contributed by atoms with E-state index in [-0.39, 0.29) is 28.6 Å². The minimum Gasteiger partial charge on any atom is -0.507 e. The zero-order valence-electron chi connectivity index (χ0n) is 20.4. The fourth-order valence-corrected chi connectivity index (χ4v) is 5.63. The number of hydrogen-bond donors (Lipinski definition) is 1. The maximum atomic E-state index is 13.9. The number of hydrogen-bond acceptors (Lipinski definition) is 8. The molecule has 1 amide bonds. The number of thiazole rings is 1. The van der Waals surface area contributed by atoms with Gasteiger partial charge in [0.2, 0.25) is 0 Å². The number of amides is 1. The van der Waals surface area contributed by atoms with Crippen molar-refractivity contribution in [3.63, 3.8) is 0 Å². The standard InChI is InChI=1S/C29H21FN2O6S/c1-2-10-36-19-5-3-4-16(13-19)25-24(26(33)17-6-9-21-22(14-17)38-12-11-37-21)27(34)28(35)32(25)29-31-20-8-7-18(30)15-23(20)39-29/h2-9,13-15,25,33H,1,10-12H2. The fourth-order valence-electron chi connectivity index (χ4n) is 4.61. The molecule has 1 unspecified atom stereocenters. The molecule has 0 saturated carbocycles. The van der Waals surface area contributed by atoms with E-state index in [0.717, 1.165) is 11.3 Å². The zero-order chi connectivity index (χ0) is 27.1. The molecule has 4 aromatic rings. The van der Waals surface area contributed by atoms with Crippen LogP contribution in [0.4, 0.5) is 9.52 Å². The minimum atomic E-state index is -1.03. The van der Waals surface area contributed by atoms with E-state index in [9.17, 15) is 19.1 Å². The lowest BCUT2D eigenvalue weighted by atomic mass is 9.95. The molecule has 6 rings (SSSR count). The number of halogens is 1. The third kappa shape index (κ3) is 4.38. The topological polar surface area (TPSA) is 98.2 Å². The van der Waals surface area contributed by atoms with Crippen LogP contribution in [0, 0.1) is 5.82 Å². The van der Waals surface area contributed by atoms with Crippen LogP contribution in [0.25, 0.3) is 16.0 Å². The highest BCUT2D eigenvalue weighted by Crippen LogP contribution is 2.45. The van der Waals surface area contributed by atoms with Crippen molar-refractivity contribution in [1.29, 1.82) is 0 Å². The number of benzene rings is 3. The van der Waals surface area contributed by atoms with Gasteiger partial charge in [0.25, 0.3) is 5.78 Å². The molecule has 1 aromatic heterocycles. The van der Waals surface area contributed by atoms with E-state index in [1.165, 1.54) is 23.1 Å². The molecule has 1 atom stereocenters. The van der Waals surface area contributed by atoms with Gasteiger partial charge >= 0.3 is 5.91 Å². The van der Waals surface area contributed by atoms with Crippen molar-refractivity contribution in [3.8, 4) is 17.2 Å². The number of anilines is 1. The number of aliphatic hydroxyl groups is 1. The van der Waals surface area contributed by atoms with Crippen LogP contribution in [0.2, 0.25) is 0 Å². The van der Waals surface area contributed by atoms with E-state index in [1.807, 2.05) is 0 Å². The molecule has 1 fully saturated rings. The Morgan fingerprint density at radius 1 is 1.13 bits per heavy atom. The summed E-state index contributed by atoms with van der Waals surface area (Å²) in [7, 11) is 0. The van der Waals surface area contributed by atoms with Crippen LogP contribution in [0.15, 0.2) is 78.9 Å². The molecule has 196 valence electrons. The second kappa shape index (κ2) is 9.88. The van der Waals surface area contributed by atoms with Gasteiger partial charge < -0.3 is 19.3 Å². The van der Waals surface area contributed by atoms with Gasteiger partial charge in [-0.3, -0.25) is 14.5 Å². The molecule has 1 N–H and O–H groups in total. The van der Waals surface area contributed by atoms with Crippen molar-refractivity contribution in [3.05, 3.63) is 95.8 Å². The predicted molar refractivity (Wildman–Crippen MR) is 144 cm³/mol. The van der Waals surface area contributed by atoms with Gasteiger partial charge in [-0.2, -0.15) is 0 Å². The van der Waals surface area contributed by atoms with E-state index < -0.39 is 23.5 Å². The third-order valence-corrected chi connectivity index (χ3v) is 7.36. The van der Waals surface area contributed by atoms with Crippen LogP contribution < -0.4 is 19.1 Å². The summed E-state index contributed by atoms with van der Waals surface area (Å²) in [5, 5.41) is 11.7. The Bertz CT molecular complexity index is 1680. The van der Waals surface area contributed by atoms with Gasteiger partial charge in [-0.15, -0.1) is 0 Å². The number of carbonyl (C=O) groups excluding carboxylic acids is 2. The summed E-state index contributed by atoms with van der Waals surface area (Å²) in [5.74, 6) is -1.13. The summed E-state index contributed by atoms with van der Waals surface area (Å²) < 4.78 is 31.3. The van der Waals surface area contributed by atoms with Gasteiger partial charge in [-0.05, 0) is 54.1 Å². The number of fused-ring (bicyclic) bond motifs is 2. The van der Waals surface area contributed by atoms with Crippen molar-refractivity contribution >= 4 is 44.1 Å². The van der Waals surface area contributed by atoms with E-state index >= 15 is 0 Å². The Morgan fingerprint density at radius 2 is 1.95 bits per heavy atom. The molecular weight excluding hydrogens is 523 g/mol. The third-order valence-electron chi connectivity index (χ3n) is 6.35. The van der Waals surface area contributed by atoms with Gasteiger partial charge in [-0.25, -0.2) is 9.37 Å². The summed E-state index contributed by atoms with van der Waals surface area (Å²) in [6.07, 6.45) is 1.60. The molecule has 0 spiro atoms. The molecule has 3 heterocycles. The number of carbonyl (C=O) groups is 2. The second-order valence-electron chi connectivity index (χ2n) is 8.81. The first-order valence-corrected chi connectivity index (χ1v) is 12.9. The van der Waals surface area contributed by atoms with Crippen molar-refractivity contribution in [2.24, 2.45) is 0 Å². The molecule has 3 aromatic carbocycles. The Labute approximate surface area is 226 Å². The average molecular weight is 545 g/mol. The maximum Gasteiger partial charge on any atom is 0.301 e. The van der Waals surface area contributed by atoms with Crippen LogP contribution in [-0.2, 0) is 9.59 Å². The summed E-state index contributed by atoms with van der Waals surface area (Å²) in [6.45, 7) is 4.66. The molecule has 2 aliphatic heterocycles. The quantitative estimate of drug-likeness (QED) is 0.150. The monoisotopic (exact) mass is 544 g/mol. The van der Waals surface area contributed by atoms with Crippen LogP contribution in [0.5, 0.6) is 17.2 Å². The molecule has 0 aliphatic carbocycles. The number of Topliss-reactive ketones (excluding diaryl/α,β-unsaturated/α-hetero) is 1. The molecule has 8 nitrogen and oxygen atoms in total. The van der Waals surface area contributed by atoms with Crippen molar-refractivity contribution in [2.45, 2.75) is 6.04 Å². The Morgan fingerprint density at radius 3 is 2.77 bits per heavy atom. The van der Waals surface area contributed by atoms with Crippen molar-refractivity contribution < 1.29 is 33.3 Å². The SMILES string of the molecule is C=CCOc1cccc(C2C(=C(O)c3ccc4c(c3)OCCO4)C(=O)C(=O)N2c2nc3ccc(F)cc3s2)c1. The second-order valence-corrected chi connectivity index (χ2v) is 9.82. The Balaban J connectivity index is 1.53. The maximum absolute atomic E-state index is 13.9. The minimum absolute atomic E-state index is 0.122. The number of aromatic nitrogens is 1. The highest BCUT2D eigenvalue weighted by atomic mass is 32.1. The van der Waals surface area contributed by atoms with Crippen LogP contribution in [-0.4, -0.2) is 41.6 Å². The molecule has 2 aliphatic rings. The van der Waals surface area contributed by atoms with Gasteiger partial charge in [0.05, 0.1) is 21.8 Å². The molecule has 1 saturated heterocycles. The first-order chi connectivity index (χ1) is 18.9. The Kier molecular flexibility index (Phi) is 6.24. The van der Waals surface area contributed by atoms with Gasteiger partial charge in [-0.1, -0.05) is 36.1 Å². The van der Waals surface area contributed by atoms with E-state index in [1.54, 1.807) is 48.5 Å². The highest BCUT2D eigenvalue weighted by molar-refractivity contribution is 7.22. The average Bonchev–Trinajstić information content (AvgIpc) is 3.48. The van der Waals surface area contributed by atoms with Crippen molar-refractivity contribution in [2.75, 3.05) is 24.7 Å². The molecular formula is C29H21FN2O6S. The molecule has 0 bridgehead atoms. The van der Waals surface area contributed by atoms with E-state index in [0.29, 0.717) is 46.2 Å². The first-order valence-electron chi connectivity index (χ1n) is 12.1. The number of nitrogens with zero attached hydrogens (tertiary/aromatic N) is 2. The number of aliphatic hydroxyl groups excluding tert-OH is 1. The van der Waals surface area contributed by atoms with Crippen LogP contribution in [0.1, 0.15) is 17.2 Å². The lowest BCUT2D eigenvalue weighted by Crippen LogP contribution is -2.29. The largest absolute Gasteiger partial charge is 0.507 e. The van der Waals surface area contributed by atoms with Crippen LogP contribution in [0.3, 0.4) is 0 Å². The first kappa shape index (κ1) is 24.6. The normalized spacial score (nSPS) is 18.0. The zero-order valence-corrected chi connectivity index (χ0v) is 21.2. The van der Waals surface area contributed by atoms with E-state index in [2.05, 4.69) is 11.6 Å². The van der Waals surface area contributed by atoms with E-state index in [4.69, 9.17) is 14.2 Å². The van der Waals surface area contributed by atoms with Gasteiger partial charge in [0.1, 0.15) is 37.1 Å². The summed E-state index contributed by atoms with van der Waals surface area (Å²) in [5.41, 5.74) is 1.16. The number of ketones is 1. The molecule has 0 radical (unpaired) electrons. The molecule has 10 heteroatoms. The lowest BCUT2D eigenvalue weighted by molar-refractivity contribution is -0.132. The van der Waals surface area contributed by atoms with Gasteiger partial charge in [0.15, 0.2) is 16.6 Å².